The van der Waals surface area contributed by atoms with Crippen LogP contribution in [0.25, 0.3) is 0 Å². The number of hydrogen-bond donors (Lipinski definition) is 0. The van der Waals surface area contributed by atoms with Gasteiger partial charge in [-0.25, -0.2) is 0 Å². The van der Waals surface area contributed by atoms with Crippen molar-refractivity contribution < 1.29 is 0 Å². The molecule has 0 radical (unpaired) electrons. The number of unbranched alkanes of at least 4 members (excludes halogenated alkanes) is 1. The van der Waals surface area contributed by atoms with Crippen LogP contribution in [0.4, 0.5) is 0 Å². The summed E-state index contributed by atoms with van der Waals surface area (Å²) in [5.41, 5.74) is 3.98. The van der Waals surface area contributed by atoms with E-state index in [4.69, 9.17) is 11.6 Å². The van der Waals surface area contributed by atoms with Gasteiger partial charge in [0.05, 0.1) is 6.04 Å². The van der Waals surface area contributed by atoms with Crippen molar-refractivity contribution in [2.45, 2.75) is 59.9 Å². The van der Waals surface area contributed by atoms with Gasteiger partial charge < -0.3 is 4.90 Å². The van der Waals surface area contributed by atoms with Crippen molar-refractivity contribution in [1.29, 1.82) is 0 Å². The van der Waals surface area contributed by atoms with Gasteiger partial charge in [-0.1, -0.05) is 87.3 Å². The van der Waals surface area contributed by atoms with E-state index in [2.05, 4.69) is 65.8 Å². The van der Waals surface area contributed by atoms with Crippen LogP contribution in [0, 0.1) is 0 Å². The van der Waals surface area contributed by atoms with E-state index < -0.39 is 0 Å². The predicted octanol–water partition coefficient (Wildman–Crippen LogP) is 7.85. The van der Waals surface area contributed by atoms with E-state index in [1.165, 1.54) is 36.1 Å². The minimum Gasteiger partial charge on any atom is -0.301 e. The second-order valence-corrected chi connectivity index (χ2v) is 8.09. The lowest BCUT2D eigenvalue weighted by atomic mass is 9.96. The predicted molar refractivity (Wildman–Crippen MR) is 139 cm³/mol. The molecule has 172 valence electrons. The van der Waals surface area contributed by atoms with Gasteiger partial charge >= 0.3 is 0 Å². The zero-order chi connectivity index (χ0) is 23.1. The summed E-state index contributed by atoms with van der Waals surface area (Å²) in [6.45, 7) is 19.8. The quantitative estimate of drug-likeness (QED) is 0.303. The number of halogens is 1. The van der Waals surface area contributed by atoms with Crippen molar-refractivity contribution in [1.82, 2.24) is 9.80 Å². The Labute approximate surface area is 196 Å². The molecule has 31 heavy (non-hydrogen) atoms. The summed E-state index contributed by atoms with van der Waals surface area (Å²) >= 11 is 6.12. The van der Waals surface area contributed by atoms with E-state index >= 15 is 0 Å². The summed E-state index contributed by atoms with van der Waals surface area (Å²) in [5.74, 6) is 0. The van der Waals surface area contributed by atoms with Gasteiger partial charge in [-0.15, -0.1) is 6.58 Å². The van der Waals surface area contributed by atoms with Crippen molar-refractivity contribution in [3.8, 4) is 0 Å². The van der Waals surface area contributed by atoms with Crippen LogP contribution in [-0.2, 0) is 0 Å². The maximum atomic E-state index is 6.12. The SMILES string of the molecule is C=C(C)CCCCN1CCN(C(c2ccccc2)c2ccc(Cl)cc2)CC1.CC.CC. The zero-order valence-corrected chi connectivity index (χ0v) is 21.2. The smallest absolute Gasteiger partial charge is 0.0602 e. The van der Waals surface area contributed by atoms with Crippen LogP contribution in [-0.4, -0.2) is 42.5 Å². The number of rotatable bonds is 8. The molecule has 0 aromatic heterocycles. The third-order valence-corrected chi connectivity index (χ3v) is 5.65. The molecule has 1 fully saturated rings. The second-order valence-electron chi connectivity index (χ2n) is 7.66. The van der Waals surface area contributed by atoms with Crippen molar-refractivity contribution in [2.24, 2.45) is 0 Å². The molecule has 0 N–H and O–H groups in total. The summed E-state index contributed by atoms with van der Waals surface area (Å²) in [4.78, 5) is 5.22. The summed E-state index contributed by atoms with van der Waals surface area (Å²) < 4.78 is 0. The minimum atomic E-state index is 0.300. The third-order valence-electron chi connectivity index (χ3n) is 5.40. The van der Waals surface area contributed by atoms with Crippen LogP contribution < -0.4 is 0 Å². The Morgan fingerprint density at radius 2 is 1.39 bits per heavy atom. The molecule has 0 amide bonds. The fraction of sp³-hybridized carbons (Fsp3) is 0.500. The molecule has 0 saturated carbocycles. The standard InChI is InChI=1S/C24H31ClN2.2C2H6/c1-20(2)8-6-7-15-26-16-18-27(19-17-26)24(21-9-4-3-5-10-21)22-11-13-23(25)14-12-22;2*1-2/h3-5,9-14,24H,1,6-8,15-19H2,2H3;2*1-2H3. The highest BCUT2D eigenvalue weighted by atomic mass is 35.5. The van der Waals surface area contributed by atoms with Crippen LogP contribution >= 0.6 is 11.6 Å². The van der Waals surface area contributed by atoms with Crippen LogP contribution in [0.1, 0.15) is 71.0 Å². The molecule has 1 saturated heterocycles. The Bertz CT molecular complexity index is 704. The topological polar surface area (TPSA) is 6.48 Å². The van der Waals surface area contributed by atoms with Gasteiger partial charge in [-0.05, 0) is 56.0 Å². The van der Waals surface area contributed by atoms with Crippen molar-refractivity contribution in [3.63, 3.8) is 0 Å². The Hall–Kier alpha value is -1.61. The highest BCUT2D eigenvalue weighted by Gasteiger charge is 2.26. The summed E-state index contributed by atoms with van der Waals surface area (Å²) in [6.07, 6.45) is 3.69. The van der Waals surface area contributed by atoms with E-state index in [1.54, 1.807) is 0 Å². The van der Waals surface area contributed by atoms with Crippen molar-refractivity contribution in [3.05, 3.63) is 82.9 Å². The molecule has 0 aliphatic carbocycles. The van der Waals surface area contributed by atoms with E-state index in [1.807, 2.05) is 39.8 Å². The van der Waals surface area contributed by atoms with Gasteiger partial charge in [0.1, 0.15) is 0 Å². The number of piperazine rings is 1. The van der Waals surface area contributed by atoms with Gasteiger partial charge in [0.15, 0.2) is 0 Å². The lowest BCUT2D eigenvalue weighted by Gasteiger charge is -2.40. The molecule has 2 nitrogen and oxygen atoms in total. The summed E-state index contributed by atoms with van der Waals surface area (Å²) in [6, 6.07) is 19.5. The first-order valence-electron chi connectivity index (χ1n) is 12.0. The molecule has 3 heteroatoms. The summed E-state index contributed by atoms with van der Waals surface area (Å²) in [5, 5.41) is 0.796. The lowest BCUT2D eigenvalue weighted by molar-refractivity contribution is 0.108. The second kappa shape index (κ2) is 16.1. The Balaban J connectivity index is 0.00000113. The molecule has 1 aliphatic rings. The highest BCUT2D eigenvalue weighted by Crippen LogP contribution is 2.30. The minimum absolute atomic E-state index is 0.300. The average Bonchev–Trinajstić information content (AvgIpc) is 2.82. The molecule has 0 bridgehead atoms. The van der Waals surface area contributed by atoms with Gasteiger partial charge in [-0.3, -0.25) is 4.90 Å². The Morgan fingerprint density at radius 1 is 0.839 bits per heavy atom. The maximum Gasteiger partial charge on any atom is 0.0602 e. The molecule has 2 aromatic rings. The molecule has 0 spiro atoms. The third kappa shape index (κ3) is 9.60. The number of hydrogen-bond acceptors (Lipinski definition) is 2. The van der Waals surface area contributed by atoms with E-state index in [9.17, 15) is 0 Å². The zero-order valence-electron chi connectivity index (χ0n) is 20.4. The maximum absolute atomic E-state index is 6.12. The first-order valence-corrected chi connectivity index (χ1v) is 12.4. The molecule has 3 rings (SSSR count). The summed E-state index contributed by atoms with van der Waals surface area (Å²) in [7, 11) is 0. The van der Waals surface area contributed by atoms with Crippen LogP contribution in [0.3, 0.4) is 0 Å². The number of nitrogens with zero attached hydrogens (tertiary/aromatic N) is 2. The van der Waals surface area contributed by atoms with Gasteiger partial charge in [0.2, 0.25) is 0 Å². The van der Waals surface area contributed by atoms with Gasteiger partial charge in [0.25, 0.3) is 0 Å². The largest absolute Gasteiger partial charge is 0.301 e. The molecule has 1 atom stereocenters. The molecular weight excluding hydrogens is 400 g/mol. The first kappa shape index (κ1) is 27.4. The molecule has 2 aromatic carbocycles. The molecular formula is C28H43ClN2. The van der Waals surface area contributed by atoms with Crippen LogP contribution in [0.15, 0.2) is 66.7 Å². The van der Waals surface area contributed by atoms with Crippen molar-refractivity contribution in [2.75, 3.05) is 32.7 Å². The lowest BCUT2D eigenvalue weighted by Crippen LogP contribution is -2.48. The number of allylic oxidation sites excluding steroid dienone is 1. The van der Waals surface area contributed by atoms with Crippen LogP contribution in [0.2, 0.25) is 5.02 Å². The Morgan fingerprint density at radius 3 is 1.94 bits per heavy atom. The molecule has 1 heterocycles. The average molecular weight is 443 g/mol. The van der Waals surface area contributed by atoms with E-state index in [-0.39, 0.29) is 0 Å². The van der Waals surface area contributed by atoms with Gasteiger partial charge in [-0.2, -0.15) is 0 Å². The normalized spacial score (nSPS) is 15.2. The van der Waals surface area contributed by atoms with E-state index in [0.29, 0.717) is 6.04 Å². The van der Waals surface area contributed by atoms with Crippen molar-refractivity contribution >= 4 is 11.6 Å². The van der Waals surface area contributed by atoms with E-state index in [0.717, 1.165) is 37.6 Å². The molecule has 1 unspecified atom stereocenters. The van der Waals surface area contributed by atoms with Gasteiger partial charge in [0, 0.05) is 31.2 Å². The number of benzene rings is 2. The van der Waals surface area contributed by atoms with Crippen LogP contribution in [0.5, 0.6) is 0 Å². The molecule has 1 aliphatic heterocycles. The Kier molecular flexibility index (Phi) is 14.2. The first-order chi connectivity index (χ1) is 15.1. The highest BCUT2D eigenvalue weighted by molar-refractivity contribution is 6.30. The monoisotopic (exact) mass is 442 g/mol. The fourth-order valence-electron chi connectivity index (χ4n) is 3.90. The fourth-order valence-corrected chi connectivity index (χ4v) is 4.03.